The Morgan fingerprint density at radius 1 is 1.83 bits per heavy atom. The first-order chi connectivity index (χ1) is 5.66. The van der Waals surface area contributed by atoms with Crippen molar-refractivity contribution in [2.75, 3.05) is 0 Å². The van der Waals surface area contributed by atoms with Gasteiger partial charge in [0.05, 0.1) is 0 Å². The molecule has 1 aromatic rings. The summed E-state index contributed by atoms with van der Waals surface area (Å²) in [6.07, 6.45) is 2.34. The summed E-state index contributed by atoms with van der Waals surface area (Å²) in [7, 11) is 0. The van der Waals surface area contributed by atoms with Crippen LogP contribution in [0.25, 0.3) is 0 Å². The minimum Gasteiger partial charge on any atom is -0.478 e. The van der Waals surface area contributed by atoms with Gasteiger partial charge in [0, 0.05) is 12.7 Å². The molecular weight excluding hydrogens is 176 g/mol. The van der Waals surface area contributed by atoms with Crippen molar-refractivity contribution in [2.45, 2.75) is 19.9 Å². The summed E-state index contributed by atoms with van der Waals surface area (Å²) in [4.78, 5) is 10.5. The largest absolute Gasteiger partial charge is 0.478 e. The number of rotatable bonds is 3. The molecule has 0 bridgehead atoms. The normalized spacial score (nSPS) is 10.1. The second-order valence-electron chi connectivity index (χ2n) is 2.45. The molecule has 0 aliphatic carbocycles. The number of hydrogen-bond donors (Lipinski definition) is 2. The number of nitrogens with zero attached hydrogens (tertiary/aromatic N) is 1. The van der Waals surface area contributed by atoms with E-state index in [9.17, 15) is 4.79 Å². The summed E-state index contributed by atoms with van der Waals surface area (Å²) in [6.45, 7) is 2.73. The molecule has 0 aliphatic rings. The van der Waals surface area contributed by atoms with Gasteiger partial charge in [-0.15, -0.1) is 0 Å². The fourth-order valence-corrected chi connectivity index (χ4v) is 1.24. The molecule has 0 fully saturated rings. The highest BCUT2D eigenvalue weighted by Gasteiger charge is 2.08. The summed E-state index contributed by atoms with van der Waals surface area (Å²) in [6, 6.07) is 0. The Labute approximate surface area is 74.8 Å². The van der Waals surface area contributed by atoms with Crippen molar-refractivity contribution < 1.29 is 9.90 Å². The Bertz CT molecular complexity index is 339. The maximum Gasteiger partial charge on any atom is 0.340 e. The molecule has 0 unspecified atom stereocenters. The van der Waals surface area contributed by atoms with Crippen LogP contribution in [0.2, 0.25) is 0 Å². The van der Waals surface area contributed by atoms with Gasteiger partial charge >= 0.3 is 5.97 Å². The van der Waals surface area contributed by atoms with Crippen molar-refractivity contribution in [3.05, 3.63) is 16.4 Å². The van der Waals surface area contributed by atoms with E-state index in [1.165, 1.54) is 6.20 Å². The molecule has 0 atom stereocenters. The molecule has 4 nitrogen and oxygen atoms in total. The lowest BCUT2D eigenvalue weighted by Crippen LogP contribution is -2.00. The molecule has 0 saturated carbocycles. The number of carboxylic acids is 1. The number of aryl methyl sites for hydroxylation is 1. The number of hydrogen-bond acceptors (Lipinski definition) is 2. The molecule has 12 heavy (non-hydrogen) atoms. The van der Waals surface area contributed by atoms with Gasteiger partial charge < -0.3 is 10.2 Å². The Morgan fingerprint density at radius 3 is 2.92 bits per heavy atom. The molecule has 0 amide bonds. The van der Waals surface area contributed by atoms with E-state index in [0.717, 1.165) is 13.0 Å². The maximum atomic E-state index is 10.5. The van der Waals surface area contributed by atoms with Gasteiger partial charge in [0.25, 0.3) is 0 Å². The molecule has 1 heterocycles. The highest BCUT2D eigenvalue weighted by atomic mass is 32.1. The highest BCUT2D eigenvalue weighted by Crippen LogP contribution is 2.02. The zero-order chi connectivity index (χ0) is 9.14. The van der Waals surface area contributed by atoms with Crippen LogP contribution in [-0.2, 0) is 6.54 Å². The second-order valence-corrected chi connectivity index (χ2v) is 2.84. The Hall–Kier alpha value is -1.10. The smallest absolute Gasteiger partial charge is 0.340 e. The summed E-state index contributed by atoms with van der Waals surface area (Å²) in [5.74, 6) is -0.980. The Kier molecular flexibility index (Phi) is 2.65. The van der Waals surface area contributed by atoms with Gasteiger partial charge in [-0.1, -0.05) is 19.1 Å². The summed E-state index contributed by atoms with van der Waals surface area (Å²) in [5, 5.41) is 11.4. The number of carbonyl (C=O) groups is 1. The zero-order valence-electron chi connectivity index (χ0n) is 6.70. The third-order valence-corrected chi connectivity index (χ3v) is 1.96. The molecule has 66 valence electrons. The minimum atomic E-state index is -0.980. The molecular formula is C7H10N2O2S. The lowest BCUT2D eigenvalue weighted by molar-refractivity contribution is 0.0696. The fourth-order valence-electron chi connectivity index (χ4n) is 0.951. The molecule has 0 saturated heterocycles. The van der Waals surface area contributed by atoms with Crippen molar-refractivity contribution >= 4 is 18.2 Å². The van der Waals surface area contributed by atoms with Crippen molar-refractivity contribution in [3.8, 4) is 0 Å². The summed E-state index contributed by atoms with van der Waals surface area (Å²) in [5.41, 5.74) is 0.165. The van der Waals surface area contributed by atoms with Crippen LogP contribution in [0.5, 0.6) is 0 Å². The molecule has 0 aromatic carbocycles. The fraction of sp³-hybridized carbons (Fsp3) is 0.429. The van der Waals surface area contributed by atoms with Gasteiger partial charge in [0.2, 0.25) is 0 Å². The van der Waals surface area contributed by atoms with E-state index in [4.69, 9.17) is 17.3 Å². The van der Waals surface area contributed by atoms with Crippen LogP contribution in [-0.4, -0.2) is 20.9 Å². The Balaban J connectivity index is 3.05. The summed E-state index contributed by atoms with van der Waals surface area (Å²) >= 11 is 4.92. The number of nitrogens with one attached hydrogen (secondary N) is 1. The quantitative estimate of drug-likeness (QED) is 0.706. The lowest BCUT2D eigenvalue weighted by atomic mass is 10.4. The van der Waals surface area contributed by atoms with Crippen LogP contribution in [0.1, 0.15) is 23.7 Å². The van der Waals surface area contributed by atoms with Gasteiger partial charge in [-0.2, -0.15) is 0 Å². The molecule has 2 N–H and O–H groups in total. The van der Waals surface area contributed by atoms with Gasteiger partial charge in [0.1, 0.15) is 10.2 Å². The number of H-pyrrole nitrogens is 1. The first-order valence-corrected chi connectivity index (χ1v) is 4.09. The predicted molar refractivity (Wildman–Crippen MR) is 46.9 cm³/mol. The zero-order valence-corrected chi connectivity index (χ0v) is 7.52. The lowest BCUT2D eigenvalue weighted by Gasteiger charge is -1.96. The monoisotopic (exact) mass is 186 g/mol. The van der Waals surface area contributed by atoms with E-state index >= 15 is 0 Å². The van der Waals surface area contributed by atoms with E-state index in [2.05, 4.69) is 5.10 Å². The number of aromatic carboxylic acids is 1. The third-order valence-electron chi connectivity index (χ3n) is 1.52. The first-order valence-electron chi connectivity index (χ1n) is 3.68. The highest BCUT2D eigenvalue weighted by molar-refractivity contribution is 7.71. The van der Waals surface area contributed by atoms with Crippen LogP contribution in [0.4, 0.5) is 0 Å². The number of carboxylic acid groups (broad SMARTS) is 1. The average molecular weight is 186 g/mol. The standard InChI is InChI=1S/C7H10N2O2S/c1-2-3-9-6(12)5(4-8-9)7(10)11/h4,8H,2-3H2,1H3,(H,10,11). The van der Waals surface area contributed by atoms with Crippen LogP contribution in [0.3, 0.4) is 0 Å². The molecule has 0 radical (unpaired) electrons. The molecule has 0 spiro atoms. The van der Waals surface area contributed by atoms with E-state index in [1.54, 1.807) is 4.68 Å². The van der Waals surface area contributed by atoms with Crippen LogP contribution in [0, 0.1) is 4.64 Å². The molecule has 1 rings (SSSR count). The predicted octanol–water partition coefficient (Wildman–Crippen LogP) is 1.65. The topological polar surface area (TPSA) is 58.0 Å². The van der Waals surface area contributed by atoms with Crippen molar-refractivity contribution in [1.29, 1.82) is 0 Å². The van der Waals surface area contributed by atoms with Gasteiger partial charge in [-0.25, -0.2) is 4.79 Å². The van der Waals surface area contributed by atoms with E-state index in [1.807, 2.05) is 6.92 Å². The molecule has 5 heteroatoms. The number of aromatic nitrogens is 2. The van der Waals surface area contributed by atoms with Crippen molar-refractivity contribution in [1.82, 2.24) is 9.78 Å². The first kappa shape index (κ1) is 8.99. The van der Waals surface area contributed by atoms with E-state index < -0.39 is 5.97 Å². The second kappa shape index (κ2) is 3.53. The summed E-state index contributed by atoms with van der Waals surface area (Å²) < 4.78 is 2.02. The molecule has 1 aromatic heterocycles. The van der Waals surface area contributed by atoms with E-state index in [0.29, 0.717) is 4.64 Å². The van der Waals surface area contributed by atoms with E-state index in [-0.39, 0.29) is 5.56 Å². The van der Waals surface area contributed by atoms with Crippen LogP contribution >= 0.6 is 12.2 Å². The SMILES string of the molecule is CCCn1[nH]cc(C(=O)O)c1=S. The minimum absolute atomic E-state index is 0.165. The number of aromatic amines is 1. The maximum absolute atomic E-state index is 10.5. The van der Waals surface area contributed by atoms with Crippen LogP contribution in [0.15, 0.2) is 6.20 Å². The average Bonchev–Trinajstić information content (AvgIpc) is 2.34. The van der Waals surface area contributed by atoms with Gasteiger partial charge in [0.15, 0.2) is 0 Å². The van der Waals surface area contributed by atoms with Gasteiger partial charge in [-0.3, -0.25) is 4.68 Å². The van der Waals surface area contributed by atoms with Crippen LogP contribution < -0.4 is 0 Å². The Morgan fingerprint density at radius 2 is 2.50 bits per heavy atom. The molecule has 0 aliphatic heterocycles. The third kappa shape index (κ3) is 1.55. The van der Waals surface area contributed by atoms with Crippen molar-refractivity contribution in [3.63, 3.8) is 0 Å². The van der Waals surface area contributed by atoms with Gasteiger partial charge in [-0.05, 0) is 6.42 Å². The van der Waals surface area contributed by atoms with Crippen molar-refractivity contribution in [2.24, 2.45) is 0 Å².